The highest BCUT2D eigenvalue weighted by Gasteiger charge is 2.21. The van der Waals surface area contributed by atoms with E-state index in [2.05, 4.69) is 0 Å². The van der Waals surface area contributed by atoms with E-state index in [4.69, 9.17) is 0 Å². The van der Waals surface area contributed by atoms with Crippen molar-refractivity contribution < 1.29 is 14.7 Å². The first-order valence-corrected chi connectivity index (χ1v) is 4.26. The molecular weight excluding hydrogens is 172 g/mol. The van der Waals surface area contributed by atoms with Crippen molar-refractivity contribution in [2.45, 2.75) is 6.92 Å². The average Bonchev–Trinajstić information content (AvgIpc) is 2.17. The number of rotatable bonds is 1. The Morgan fingerprint density at radius 2 is 1.54 bits per heavy atom. The SMILES string of the molecule is CC(=O)N1CCN(C(=O)C[O])CC1. The fourth-order valence-electron chi connectivity index (χ4n) is 1.36. The van der Waals surface area contributed by atoms with E-state index < -0.39 is 6.61 Å². The minimum Gasteiger partial charge on any atom is -0.339 e. The lowest BCUT2D eigenvalue weighted by Crippen LogP contribution is -2.50. The smallest absolute Gasteiger partial charge is 0.252 e. The molecule has 1 aliphatic rings. The summed E-state index contributed by atoms with van der Waals surface area (Å²) in [5.41, 5.74) is 0. The topological polar surface area (TPSA) is 60.5 Å². The Labute approximate surface area is 76.9 Å². The number of hydrogen-bond donors (Lipinski definition) is 0. The Morgan fingerprint density at radius 1 is 1.08 bits per heavy atom. The maximum Gasteiger partial charge on any atom is 0.252 e. The first-order valence-electron chi connectivity index (χ1n) is 4.26. The van der Waals surface area contributed by atoms with Gasteiger partial charge in [0, 0.05) is 33.1 Å². The van der Waals surface area contributed by atoms with Crippen LogP contribution in [0.1, 0.15) is 6.92 Å². The minimum absolute atomic E-state index is 0.0224. The molecule has 0 bridgehead atoms. The summed E-state index contributed by atoms with van der Waals surface area (Å²) in [5.74, 6) is -0.350. The highest BCUT2D eigenvalue weighted by molar-refractivity contribution is 5.78. The molecule has 1 radical (unpaired) electrons. The molecule has 0 saturated carbocycles. The Hall–Kier alpha value is -1.10. The normalized spacial score (nSPS) is 17.4. The zero-order chi connectivity index (χ0) is 9.84. The molecule has 1 rings (SSSR count). The maximum absolute atomic E-state index is 11.0. The zero-order valence-electron chi connectivity index (χ0n) is 7.65. The minimum atomic E-state index is -0.694. The van der Waals surface area contributed by atoms with Crippen molar-refractivity contribution in [2.24, 2.45) is 0 Å². The van der Waals surface area contributed by atoms with Crippen LogP contribution < -0.4 is 0 Å². The Balaban J connectivity index is 2.39. The van der Waals surface area contributed by atoms with Crippen molar-refractivity contribution in [3.05, 3.63) is 0 Å². The molecule has 0 unspecified atom stereocenters. The van der Waals surface area contributed by atoms with Gasteiger partial charge in [-0.2, -0.15) is 0 Å². The molecule has 5 nitrogen and oxygen atoms in total. The molecular formula is C8H13N2O3. The predicted octanol–water partition coefficient (Wildman–Crippen LogP) is -0.892. The van der Waals surface area contributed by atoms with Gasteiger partial charge in [0.05, 0.1) is 0 Å². The van der Waals surface area contributed by atoms with Gasteiger partial charge in [-0.15, -0.1) is 0 Å². The van der Waals surface area contributed by atoms with Crippen molar-refractivity contribution in [3.8, 4) is 0 Å². The molecule has 5 heteroatoms. The summed E-state index contributed by atoms with van der Waals surface area (Å²) in [6.07, 6.45) is 0. The second-order valence-corrected chi connectivity index (χ2v) is 3.03. The van der Waals surface area contributed by atoms with Crippen molar-refractivity contribution in [3.63, 3.8) is 0 Å². The van der Waals surface area contributed by atoms with Crippen LogP contribution in [0.15, 0.2) is 0 Å². The lowest BCUT2D eigenvalue weighted by molar-refractivity contribution is -0.141. The number of hydrogen-bond acceptors (Lipinski definition) is 2. The van der Waals surface area contributed by atoms with Crippen LogP contribution in [0, 0.1) is 0 Å². The molecule has 0 aromatic heterocycles. The second-order valence-electron chi connectivity index (χ2n) is 3.03. The van der Waals surface area contributed by atoms with Crippen molar-refractivity contribution in [1.82, 2.24) is 9.80 Å². The molecule has 0 atom stereocenters. The van der Waals surface area contributed by atoms with Gasteiger partial charge in [-0.05, 0) is 0 Å². The van der Waals surface area contributed by atoms with Crippen LogP contribution in [0.4, 0.5) is 0 Å². The third-order valence-corrected chi connectivity index (χ3v) is 2.20. The van der Waals surface area contributed by atoms with Gasteiger partial charge in [-0.1, -0.05) is 0 Å². The van der Waals surface area contributed by atoms with Crippen LogP contribution in [-0.2, 0) is 14.7 Å². The molecule has 1 fully saturated rings. The molecule has 1 heterocycles. The average molecular weight is 185 g/mol. The van der Waals surface area contributed by atoms with E-state index in [9.17, 15) is 14.7 Å². The van der Waals surface area contributed by atoms with Gasteiger partial charge in [0.15, 0.2) is 6.61 Å². The molecule has 73 valence electrons. The number of carbonyl (C=O) groups is 2. The highest BCUT2D eigenvalue weighted by atomic mass is 16.3. The fraction of sp³-hybridized carbons (Fsp3) is 0.750. The summed E-state index contributed by atoms with van der Waals surface area (Å²) in [6.45, 7) is 2.87. The van der Waals surface area contributed by atoms with Crippen LogP contribution in [0.2, 0.25) is 0 Å². The number of amides is 2. The molecule has 13 heavy (non-hydrogen) atoms. The number of nitrogens with zero attached hydrogens (tertiary/aromatic N) is 2. The van der Waals surface area contributed by atoms with Gasteiger partial charge < -0.3 is 9.80 Å². The Kier molecular flexibility index (Phi) is 3.25. The van der Waals surface area contributed by atoms with E-state index >= 15 is 0 Å². The second kappa shape index (κ2) is 4.23. The third-order valence-electron chi connectivity index (χ3n) is 2.20. The van der Waals surface area contributed by atoms with Gasteiger partial charge in [-0.3, -0.25) is 9.59 Å². The quantitative estimate of drug-likeness (QED) is 0.532. The summed E-state index contributed by atoms with van der Waals surface area (Å²) < 4.78 is 0. The summed E-state index contributed by atoms with van der Waals surface area (Å²) in [7, 11) is 0. The zero-order valence-corrected chi connectivity index (χ0v) is 7.65. The van der Waals surface area contributed by atoms with Crippen molar-refractivity contribution in [2.75, 3.05) is 32.8 Å². The van der Waals surface area contributed by atoms with E-state index in [-0.39, 0.29) is 11.8 Å². The lowest BCUT2D eigenvalue weighted by atomic mass is 10.3. The summed E-state index contributed by atoms with van der Waals surface area (Å²) in [4.78, 5) is 25.0. The van der Waals surface area contributed by atoms with E-state index in [1.54, 1.807) is 4.90 Å². The molecule has 0 spiro atoms. The summed E-state index contributed by atoms with van der Waals surface area (Å²) >= 11 is 0. The third kappa shape index (κ3) is 2.42. The van der Waals surface area contributed by atoms with E-state index in [0.717, 1.165) is 0 Å². The largest absolute Gasteiger partial charge is 0.339 e. The van der Waals surface area contributed by atoms with E-state index in [0.29, 0.717) is 26.2 Å². The molecule has 0 N–H and O–H groups in total. The first kappa shape index (κ1) is 9.98. The molecule has 1 saturated heterocycles. The number of piperazine rings is 1. The van der Waals surface area contributed by atoms with Crippen molar-refractivity contribution in [1.29, 1.82) is 0 Å². The molecule has 2 amide bonds. The molecule has 0 aromatic carbocycles. The van der Waals surface area contributed by atoms with Gasteiger partial charge in [-0.25, -0.2) is 5.11 Å². The molecule has 1 aliphatic heterocycles. The van der Waals surface area contributed by atoms with Crippen LogP contribution in [0.5, 0.6) is 0 Å². The Morgan fingerprint density at radius 3 is 1.92 bits per heavy atom. The number of carbonyl (C=O) groups excluding carboxylic acids is 2. The van der Waals surface area contributed by atoms with E-state index in [1.165, 1.54) is 11.8 Å². The van der Waals surface area contributed by atoms with Crippen LogP contribution in [0.3, 0.4) is 0 Å². The molecule has 0 aliphatic carbocycles. The summed E-state index contributed by atoms with van der Waals surface area (Å²) in [5, 5.41) is 10.3. The predicted molar refractivity (Wildman–Crippen MR) is 44.4 cm³/mol. The van der Waals surface area contributed by atoms with Gasteiger partial charge in [0.25, 0.3) is 5.91 Å². The van der Waals surface area contributed by atoms with Crippen LogP contribution >= 0.6 is 0 Å². The van der Waals surface area contributed by atoms with E-state index in [1.807, 2.05) is 0 Å². The Bertz CT molecular complexity index is 209. The fourth-order valence-corrected chi connectivity index (χ4v) is 1.36. The van der Waals surface area contributed by atoms with Gasteiger partial charge in [0.2, 0.25) is 5.91 Å². The maximum atomic E-state index is 11.0. The van der Waals surface area contributed by atoms with Crippen molar-refractivity contribution >= 4 is 11.8 Å². The summed E-state index contributed by atoms with van der Waals surface area (Å²) in [6, 6.07) is 0. The highest BCUT2D eigenvalue weighted by Crippen LogP contribution is 2.01. The van der Waals surface area contributed by atoms with Gasteiger partial charge >= 0.3 is 0 Å². The monoisotopic (exact) mass is 185 g/mol. The van der Waals surface area contributed by atoms with Crippen LogP contribution in [0.25, 0.3) is 0 Å². The van der Waals surface area contributed by atoms with Crippen LogP contribution in [-0.4, -0.2) is 54.4 Å². The molecule has 0 aromatic rings. The lowest BCUT2D eigenvalue weighted by Gasteiger charge is -2.33. The first-order chi connectivity index (χ1) is 6.15. The van der Waals surface area contributed by atoms with Gasteiger partial charge in [0.1, 0.15) is 0 Å². The standard InChI is InChI=1S/C8H13N2O3/c1-7(12)9-2-4-10(5-3-9)8(13)6-11/h2-6H2,1H3.